The first kappa shape index (κ1) is 15.6. The van der Waals surface area contributed by atoms with Gasteiger partial charge in [0.15, 0.2) is 0 Å². The molecule has 0 unspecified atom stereocenters. The summed E-state index contributed by atoms with van der Waals surface area (Å²) in [6.07, 6.45) is 2.92. The highest BCUT2D eigenvalue weighted by atomic mass is 16.2. The predicted octanol–water partition coefficient (Wildman–Crippen LogP) is 1.86. The maximum Gasteiger partial charge on any atom is 0.261 e. The molecule has 1 N–H and O–H groups in total. The lowest BCUT2D eigenvalue weighted by atomic mass is 10.2. The molecule has 3 aromatic rings. The molecule has 0 atom stereocenters. The molecule has 0 aliphatic carbocycles. The van der Waals surface area contributed by atoms with Gasteiger partial charge in [0.05, 0.1) is 23.4 Å². The van der Waals surface area contributed by atoms with Crippen molar-refractivity contribution in [1.29, 1.82) is 0 Å². The molecule has 6 nitrogen and oxygen atoms in total. The minimum atomic E-state index is -0.391. The largest absolute Gasteiger partial charge is 0.289 e. The summed E-state index contributed by atoms with van der Waals surface area (Å²) in [7, 11) is 0. The van der Waals surface area contributed by atoms with Gasteiger partial charge >= 0.3 is 0 Å². The molecule has 0 aliphatic heterocycles. The number of fused-ring (bicyclic) bond motifs is 1. The molecular weight excluding hydrogens is 304 g/mol. The number of amides is 1. The van der Waals surface area contributed by atoms with Crippen molar-refractivity contribution in [3.05, 3.63) is 76.3 Å². The molecule has 0 radical (unpaired) electrons. The average Bonchev–Trinajstić information content (AvgIpc) is 2.59. The molecule has 0 spiro atoms. The van der Waals surface area contributed by atoms with Crippen LogP contribution in [0.25, 0.3) is 10.9 Å². The van der Waals surface area contributed by atoms with Crippen LogP contribution in [-0.2, 0) is 11.3 Å². The van der Waals surface area contributed by atoms with Gasteiger partial charge in [-0.15, -0.1) is 0 Å². The predicted molar refractivity (Wildman–Crippen MR) is 92.9 cm³/mol. The van der Waals surface area contributed by atoms with E-state index in [1.807, 2.05) is 37.3 Å². The zero-order valence-corrected chi connectivity index (χ0v) is 13.1. The van der Waals surface area contributed by atoms with Crippen molar-refractivity contribution in [1.82, 2.24) is 15.0 Å². The van der Waals surface area contributed by atoms with Crippen LogP contribution in [0.1, 0.15) is 11.1 Å². The number of hydrogen-bond donors (Lipinski definition) is 1. The van der Waals surface area contributed by atoms with Gasteiger partial charge in [-0.05, 0) is 24.6 Å². The van der Waals surface area contributed by atoms with Crippen LogP contribution < -0.4 is 11.0 Å². The Labute approximate surface area is 138 Å². The number of aromatic nitrogens is 2. The first-order chi connectivity index (χ1) is 11.6. The molecule has 120 valence electrons. The van der Waals surface area contributed by atoms with E-state index in [2.05, 4.69) is 15.5 Å². The molecule has 0 bridgehead atoms. The van der Waals surface area contributed by atoms with Gasteiger partial charge in [0, 0.05) is 0 Å². The second-order valence-corrected chi connectivity index (χ2v) is 5.40. The number of para-hydroxylation sites is 1. The van der Waals surface area contributed by atoms with E-state index in [1.165, 1.54) is 10.9 Å². The lowest BCUT2D eigenvalue weighted by molar-refractivity contribution is -0.121. The molecule has 1 amide bonds. The summed E-state index contributed by atoms with van der Waals surface area (Å²) in [6, 6.07) is 14.8. The summed E-state index contributed by atoms with van der Waals surface area (Å²) in [5, 5.41) is 4.38. The summed E-state index contributed by atoms with van der Waals surface area (Å²) >= 11 is 0. The molecule has 0 saturated carbocycles. The number of hydrogen-bond acceptors (Lipinski definition) is 4. The first-order valence-corrected chi connectivity index (χ1v) is 7.46. The molecule has 3 rings (SSSR count). The van der Waals surface area contributed by atoms with Gasteiger partial charge < -0.3 is 0 Å². The molecule has 0 saturated heterocycles. The van der Waals surface area contributed by atoms with E-state index >= 15 is 0 Å². The fourth-order valence-electron chi connectivity index (χ4n) is 2.24. The minimum absolute atomic E-state index is 0.137. The van der Waals surface area contributed by atoms with Crippen LogP contribution in [0.5, 0.6) is 0 Å². The summed E-state index contributed by atoms with van der Waals surface area (Å²) in [6.45, 7) is 1.86. The van der Waals surface area contributed by atoms with Crippen LogP contribution in [0.4, 0.5) is 0 Å². The highest BCUT2D eigenvalue weighted by Gasteiger charge is 2.07. The van der Waals surface area contributed by atoms with E-state index in [4.69, 9.17) is 0 Å². The average molecular weight is 320 g/mol. The quantitative estimate of drug-likeness (QED) is 0.589. The highest BCUT2D eigenvalue weighted by Crippen LogP contribution is 2.04. The van der Waals surface area contributed by atoms with Crippen molar-refractivity contribution >= 4 is 23.0 Å². The summed E-state index contributed by atoms with van der Waals surface area (Å²) < 4.78 is 1.26. The van der Waals surface area contributed by atoms with Gasteiger partial charge in [-0.25, -0.2) is 10.4 Å². The van der Waals surface area contributed by atoms with Crippen molar-refractivity contribution in [2.24, 2.45) is 5.10 Å². The Morgan fingerprint density at radius 2 is 1.96 bits per heavy atom. The van der Waals surface area contributed by atoms with Gasteiger partial charge in [-0.3, -0.25) is 14.2 Å². The van der Waals surface area contributed by atoms with Gasteiger partial charge in [0.1, 0.15) is 6.54 Å². The van der Waals surface area contributed by atoms with Crippen LogP contribution >= 0.6 is 0 Å². The number of aryl methyl sites for hydroxylation is 1. The third-order valence-corrected chi connectivity index (χ3v) is 3.53. The molecule has 0 aliphatic rings. The highest BCUT2D eigenvalue weighted by molar-refractivity contribution is 5.82. The van der Waals surface area contributed by atoms with Crippen LogP contribution in [-0.4, -0.2) is 21.7 Å². The van der Waals surface area contributed by atoms with Crippen LogP contribution in [0.15, 0.2) is 64.8 Å². The Morgan fingerprint density at radius 1 is 1.21 bits per heavy atom. The van der Waals surface area contributed by atoms with Crippen LogP contribution in [0.2, 0.25) is 0 Å². The van der Waals surface area contributed by atoms with Gasteiger partial charge in [0.25, 0.3) is 11.5 Å². The van der Waals surface area contributed by atoms with E-state index in [0.717, 1.165) is 11.1 Å². The van der Waals surface area contributed by atoms with Gasteiger partial charge in [0.2, 0.25) is 0 Å². The van der Waals surface area contributed by atoms with Gasteiger partial charge in [-0.2, -0.15) is 5.10 Å². The standard InChI is InChI=1S/C18H16N4O2/c1-13-6-8-14(9-7-13)10-20-21-17(23)11-22-12-19-16-5-3-2-4-15(16)18(22)24/h2-10,12H,11H2,1H3,(H,21,23)/b20-10+. The van der Waals surface area contributed by atoms with E-state index in [0.29, 0.717) is 10.9 Å². The van der Waals surface area contributed by atoms with Crippen LogP contribution in [0, 0.1) is 6.92 Å². The number of nitrogens with zero attached hydrogens (tertiary/aromatic N) is 3. The van der Waals surface area contributed by atoms with Crippen molar-refractivity contribution in [2.45, 2.75) is 13.5 Å². The molecule has 1 aromatic heterocycles. The zero-order valence-electron chi connectivity index (χ0n) is 13.1. The van der Waals surface area contributed by atoms with Crippen molar-refractivity contribution < 1.29 is 4.79 Å². The van der Waals surface area contributed by atoms with E-state index in [1.54, 1.807) is 24.4 Å². The second-order valence-electron chi connectivity index (χ2n) is 5.40. The number of carbonyl (C=O) groups is 1. The van der Waals surface area contributed by atoms with Crippen molar-refractivity contribution in [2.75, 3.05) is 0 Å². The van der Waals surface area contributed by atoms with Gasteiger partial charge in [-0.1, -0.05) is 42.0 Å². The van der Waals surface area contributed by atoms with Crippen LogP contribution in [0.3, 0.4) is 0 Å². The topological polar surface area (TPSA) is 76.3 Å². The lowest BCUT2D eigenvalue weighted by Crippen LogP contribution is -2.30. The second kappa shape index (κ2) is 6.87. The zero-order chi connectivity index (χ0) is 16.9. The smallest absolute Gasteiger partial charge is 0.261 e. The van der Waals surface area contributed by atoms with Crippen molar-refractivity contribution in [3.8, 4) is 0 Å². The first-order valence-electron chi connectivity index (χ1n) is 7.46. The molecule has 6 heteroatoms. The number of carbonyl (C=O) groups excluding carboxylic acids is 1. The number of benzene rings is 2. The molecular formula is C18H16N4O2. The van der Waals surface area contributed by atoms with Crippen molar-refractivity contribution in [3.63, 3.8) is 0 Å². The Kier molecular flexibility index (Phi) is 4.47. The SMILES string of the molecule is Cc1ccc(/C=N/NC(=O)Cn2cnc3ccccc3c2=O)cc1. The maximum atomic E-state index is 12.3. The van der Waals surface area contributed by atoms with E-state index in [9.17, 15) is 9.59 Å². The third kappa shape index (κ3) is 3.55. The third-order valence-electron chi connectivity index (χ3n) is 3.53. The van der Waals surface area contributed by atoms with E-state index < -0.39 is 5.91 Å². The summed E-state index contributed by atoms with van der Waals surface area (Å²) in [4.78, 5) is 28.4. The Bertz CT molecular complexity index is 959. The fourth-order valence-corrected chi connectivity index (χ4v) is 2.24. The molecule has 0 fully saturated rings. The molecule has 2 aromatic carbocycles. The number of nitrogens with one attached hydrogen (secondary N) is 1. The maximum absolute atomic E-state index is 12.3. The fraction of sp³-hybridized carbons (Fsp3) is 0.111. The summed E-state index contributed by atoms with van der Waals surface area (Å²) in [5.41, 5.74) is 4.80. The normalized spacial score (nSPS) is 11.0. The Balaban J connectivity index is 1.68. The summed E-state index contributed by atoms with van der Waals surface area (Å²) in [5.74, 6) is -0.391. The number of rotatable bonds is 4. The molecule has 24 heavy (non-hydrogen) atoms. The Hall–Kier alpha value is -3.28. The monoisotopic (exact) mass is 320 g/mol. The lowest BCUT2D eigenvalue weighted by Gasteiger charge is -2.05. The number of hydrazone groups is 1. The minimum Gasteiger partial charge on any atom is -0.289 e. The Morgan fingerprint density at radius 3 is 2.75 bits per heavy atom. The van der Waals surface area contributed by atoms with E-state index in [-0.39, 0.29) is 12.1 Å². The molecule has 1 heterocycles.